The number of nitrogens with zero attached hydrogens (tertiary/aromatic N) is 2. The van der Waals surface area contributed by atoms with Crippen molar-refractivity contribution in [3.05, 3.63) is 0 Å². The van der Waals surface area contributed by atoms with Gasteiger partial charge >= 0.3 is 149 Å². The molecule has 366 valence electrons. The monoisotopic (exact) mass is 905 g/mol. The van der Waals surface area contributed by atoms with Gasteiger partial charge in [0.1, 0.15) is 12.2 Å². The van der Waals surface area contributed by atoms with Crippen molar-refractivity contribution in [1.29, 1.82) is 0 Å². The number of hydrogen-bond donors (Lipinski definition) is 4. The van der Waals surface area contributed by atoms with E-state index in [4.69, 9.17) is 23.7 Å². The molecule has 0 saturated carbocycles. The van der Waals surface area contributed by atoms with E-state index in [-0.39, 0.29) is 49.8 Å². The Kier molecular flexibility index (Phi) is 20.7. The number of rotatable bonds is 14. The number of carbonyl (C=O) groups is 2. The molecule has 0 bridgehead atoms. The van der Waals surface area contributed by atoms with Gasteiger partial charge in [-0.15, -0.1) is 0 Å². The summed E-state index contributed by atoms with van der Waals surface area (Å²) in [5, 5.41) is 48.4. The minimum absolute atomic E-state index is 0.102. The van der Waals surface area contributed by atoms with Crippen LogP contribution in [-0.4, -0.2) is 174 Å². The first kappa shape index (κ1) is 55.3. The second-order valence-electron chi connectivity index (χ2n) is 22.1. The molecule has 0 aromatic rings. The van der Waals surface area contributed by atoms with Crippen LogP contribution in [-0.2, 0) is 33.3 Å². The summed E-state index contributed by atoms with van der Waals surface area (Å²) in [6.07, 6.45) is 2.22. The number of unbranched alkanes of at least 4 members (excludes halogenated alkanes) is 4. The van der Waals surface area contributed by atoms with Gasteiger partial charge in [-0.25, -0.2) is 0 Å². The van der Waals surface area contributed by atoms with Gasteiger partial charge in [0.2, 0.25) is 0 Å². The summed E-state index contributed by atoms with van der Waals surface area (Å²) >= 11 is 0. The van der Waals surface area contributed by atoms with Gasteiger partial charge in [-0.1, -0.05) is 20.8 Å². The van der Waals surface area contributed by atoms with Crippen molar-refractivity contribution < 1.29 is 53.7 Å². The van der Waals surface area contributed by atoms with Gasteiger partial charge in [0.05, 0.1) is 41.5 Å². The van der Waals surface area contributed by atoms with Crippen LogP contribution < -0.4 is 0 Å². The van der Waals surface area contributed by atoms with E-state index >= 15 is 0 Å². The van der Waals surface area contributed by atoms with Crippen LogP contribution in [0.3, 0.4) is 0 Å². The van der Waals surface area contributed by atoms with Gasteiger partial charge in [0.25, 0.3) is 0 Å². The topological polar surface area (TPSA) is 168 Å². The van der Waals surface area contributed by atoms with E-state index in [0.717, 1.165) is 25.7 Å². The molecule has 62 heavy (non-hydrogen) atoms. The van der Waals surface area contributed by atoms with Gasteiger partial charge in [0, 0.05) is 31.9 Å². The Morgan fingerprint density at radius 2 is 1.52 bits per heavy atom. The maximum atomic E-state index is 14.6. The van der Waals surface area contributed by atoms with Crippen LogP contribution in [0.15, 0.2) is 0 Å². The molecule has 3 rings (SSSR count). The Morgan fingerprint density at radius 1 is 0.903 bits per heavy atom. The van der Waals surface area contributed by atoms with Gasteiger partial charge in [0.15, 0.2) is 6.29 Å². The fourth-order valence-electron chi connectivity index (χ4n) is 10.9. The Balaban J connectivity index is 2.13. The van der Waals surface area contributed by atoms with Crippen molar-refractivity contribution in [1.82, 2.24) is 9.80 Å². The van der Waals surface area contributed by atoms with E-state index in [2.05, 4.69) is 24.9 Å². The van der Waals surface area contributed by atoms with E-state index in [9.17, 15) is 30.0 Å². The number of aliphatic hydroxyl groups excluding tert-OH is 2. The number of carbonyl (C=O) groups excluding carboxylic acids is 2. The second-order valence-corrected chi connectivity index (χ2v) is 27.7. The summed E-state index contributed by atoms with van der Waals surface area (Å²) in [5.41, 5.74) is -4.45. The second kappa shape index (κ2) is 23.1. The molecule has 3 saturated heterocycles. The first-order chi connectivity index (χ1) is 28.6. The summed E-state index contributed by atoms with van der Waals surface area (Å²) < 4.78 is 32.2. The number of aliphatic hydroxyl groups is 4. The summed E-state index contributed by atoms with van der Waals surface area (Å²) in [7, 11) is 4.54. The molecule has 3 heterocycles. The zero-order chi connectivity index (χ0) is 47.1. The number of esters is 1. The molecule has 0 aliphatic carbocycles. The maximum absolute atomic E-state index is 14.6. The third-order valence-electron chi connectivity index (χ3n) is 14.8. The average Bonchev–Trinajstić information content (AvgIpc) is 3.17. The van der Waals surface area contributed by atoms with Crippen molar-refractivity contribution in [3.8, 4) is 0 Å². The molecular weight excluding hydrogens is 812 g/mol. The minimum Gasteiger partial charge on any atom is -0.383 e. The van der Waals surface area contributed by atoms with Gasteiger partial charge < -0.3 is 43.9 Å². The first-order valence-corrected chi connectivity index (χ1v) is 27.8. The Labute approximate surface area is 377 Å². The molecule has 1 unspecified atom stereocenters. The van der Waals surface area contributed by atoms with Crippen LogP contribution in [0.1, 0.15) is 140 Å². The summed E-state index contributed by atoms with van der Waals surface area (Å²) in [6, 6.07) is -0.663. The fraction of sp³-hybridized carbons (Fsp3) is 0.958. The number of cyclic esters (lactones) is 1. The van der Waals surface area contributed by atoms with E-state index in [1.54, 1.807) is 46.6 Å². The van der Waals surface area contributed by atoms with Crippen molar-refractivity contribution >= 4 is 19.1 Å². The number of amides is 1. The molecule has 3 aliphatic rings. The molecule has 4 N–H and O–H groups in total. The zero-order valence-electron chi connectivity index (χ0n) is 41.8. The molecule has 1 amide bonds. The molecule has 13 nitrogen and oxygen atoms in total. The van der Waals surface area contributed by atoms with Crippen molar-refractivity contribution in [2.75, 3.05) is 53.9 Å². The predicted molar refractivity (Wildman–Crippen MR) is 249 cm³/mol. The van der Waals surface area contributed by atoms with Crippen LogP contribution in [0.25, 0.3) is 0 Å². The molecular formula is C48H93N2O11P. The van der Waals surface area contributed by atoms with Crippen molar-refractivity contribution in [2.45, 2.75) is 218 Å². The van der Waals surface area contributed by atoms with Crippen LogP contribution >= 0.6 is 7.26 Å². The zero-order valence-corrected chi connectivity index (χ0v) is 42.8. The fourth-order valence-corrected chi connectivity index (χ4v) is 12.2. The first-order valence-electron chi connectivity index (χ1n) is 24.1. The molecule has 3 aliphatic heterocycles. The quantitative estimate of drug-likeness (QED) is 0.0903. The minimum atomic E-state index is -1.92. The van der Waals surface area contributed by atoms with Crippen molar-refractivity contribution in [3.63, 3.8) is 0 Å². The standard InChI is InChI=1S/C48H93N2O11P/c1-17-38-48(10,56)42(52)34(6)50(39(51)23-21-19-18-20-22-24-62(14,15)16)29-30(2)27-46(8,55)44(61-40-26-36(49(11)12)25-31(3)58-40)32(4)41(33(5)45(54)60-38)37-28-47(9,57-13)43(53)35(7)59-37/h30-38,40-44,52-53,55-56,62H,17-29H2,1-16H3/t30-,31-,32+,33-,34-,35+,36+,37?,38-,40+,41+,42-,43+,44-,46-,47-,48-/m1/s1. The van der Waals surface area contributed by atoms with Gasteiger partial charge in [-0.05, 0) is 67.5 Å². The van der Waals surface area contributed by atoms with Crippen molar-refractivity contribution in [2.24, 2.45) is 23.7 Å². The molecule has 17 atom stereocenters. The van der Waals surface area contributed by atoms with Crippen LogP contribution in [0, 0.1) is 23.7 Å². The predicted octanol–water partition coefficient (Wildman–Crippen LogP) is 6.08. The van der Waals surface area contributed by atoms with E-state index in [0.29, 0.717) is 19.3 Å². The van der Waals surface area contributed by atoms with Crippen LogP contribution in [0.5, 0.6) is 0 Å². The Morgan fingerprint density at radius 3 is 2.10 bits per heavy atom. The van der Waals surface area contributed by atoms with Crippen LogP contribution in [0.4, 0.5) is 0 Å². The Hall–Kier alpha value is -0.990. The van der Waals surface area contributed by atoms with Crippen LogP contribution in [0.2, 0.25) is 0 Å². The van der Waals surface area contributed by atoms with E-state index < -0.39 is 96.7 Å². The normalized spacial score (nSPS) is 42.5. The van der Waals surface area contributed by atoms with Gasteiger partial charge in [-0.3, -0.25) is 4.79 Å². The number of methoxy groups -OCH3 is 1. The average molecular weight is 905 g/mol. The summed E-state index contributed by atoms with van der Waals surface area (Å²) in [5.74, 6) is -3.09. The molecule has 0 radical (unpaired) electrons. The summed E-state index contributed by atoms with van der Waals surface area (Å²) in [4.78, 5) is 32.7. The molecule has 0 aromatic heterocycles. The summed E-state index contributed by atoms with van der Waals surface area (Å²) in [6.45, 7) is 25.5. The Bertz CT molecular complexity index is 1390. The third-order valence-corrected chi connectivity index (χ3v) is 16.7. The third kappa shape index (κ3) is 14.5. The van der Waals surface area contributed by atoms with E-state index in [1.807, 2.05) is 41.8 Å². The molecule has 0 aromatic carbocycles. The SMILES string of the molecule is CC[C@H]1OC(=O)[C@H](C)[C@@H](C2C[C@@](C)(OC)[C@@H](O)[C@H](C)O2)[C@H](C)[C@@H](O[C@H]2C[C@@H](N(C)C)C[C@@H](C)O2)[C@](C)(O)C[C@@H](C)CN(C(=O)CCCCCCC[PH](C)(C)C)[C@H](C)[C@@H](O)[C@]1(C)O. The number of ether oxygens (including phenoxy) is 5. The van der Waals surface area contributed by atoms with E-state index in [1.165, 1.54) is 19.5 Å². The molecule has 14 heteroatoms. The van der Waals surface area contributed by atoms with Gasteiger partial charge in [-0.2, -0.15) is 0 Å². The molecule has 0 spiro atoms. The number of hydrogen-bond acceptors (Lipinski definition) is 12. The smallest absolute Gasteiger partial charge is 0.383 e. The molecule has 3 fully saturated rings.